The molecule has 0 atom stereocenters. The zero-order valence-electron chi connectivity index (χ0n) is 11.7. The first kappa shape index (κ1) is 13.5. The molecule has 1 aromatic heterocycles. The number of benzene rings is 1. The van der Waals surface area contributed by atoms with Crippen LogP contribution in [0.5, 0.6) is 0 Å². The van der Waals surface area contributed by atoms with Crippen molar-refractivity contribution in [2.75, 3.05) is 4.90 Å². The Balaban J connectivity index is 1.94. The second-order valence-corrected chi connectivity index (χ2v) is 5.30. The molecule has 2 aromatic rings. The number of hydrogen-bond acceptors (Lipinski definition) is 3. The zero-order valence-corrected chi connectivity index (χ0v) is 12.5. The van der Waals surface area contributed by atoms with Gasteiger partial charge in [-0.3, -0.25) is 14.4 Å². The maximum absolute atomic E-state index is 12.5. The van der Waals surface area contributed by atoms with Gasteiger partial charge in [-0.05, 0) is 42.9 Å². The number of amides is 1. The lowest BCUT2D eigenvalue weighted by atomic mass is 10.2. The lowest BCUT2D eigenvalue weighted by Gasteiger charge is -2.14. The summed E-state index contributed by atoms with van der Waals surface area (Å²) < 4.78 is 1.68. The van der Waals surface area contributed by atoms with E-state index in [1.807, 2.05) is 44.4 Å². The monoisotopic (exact) mass is 298 g/mol. The molecule has 5 nitrogen and oxygen atoms in total. The summed E-state index contributed by atoms with van der Waals surface area (Å²) in [6.07, 6.45) is 5.28. The highest BCUT2D eigenvalue weighted by Crippen LogP contribution is 2.23. The summed E-state index contributed by atoms with van der Waals surface area (Å²) in [4.78, 5) is 14.0. The third kappa shape index (κ3) is 2.57. The van der Waals surface area contributed by atoms with Crippen LogP contribution in [-0.2, 0) is 11.8 Å². The van der Waals surface area contributed by atoms with Gasteiger partial charge in [-0.25, -0.2) is 0 Å². The van der Waals surface area contributed by atoms with Gasteiger partial charge in [-0.2, -0.15) is 5.10 Å². The highest BCUT2D eigenvalue weighted by molar-refractivity contribution is 7.80. The molecule has 2 heterocycles. The molecule has 106 valence electrons. The van der Waals surface area contributed by atoms with Crippen molar-refractivity contribution in [2.45, 2.75) is 6.92 Å². The third-order valence-electron chi connectivity index (χ3n) is 3.17. The Bertz CT molecular complexity index is 763. The molecule has 21 heavy (non-hydrogen) atoms. The van der Waals surface area contributed by atoms with Gasteiger partial charge in [0.1, 0.15) is 5.70 Å². The highest BCUT2D eigenvalue weighted by Gasteiger charge is 2.31. The van der Waals surface area contributed by atoms with Crippen LogP contribution in [0.3, 0.4) is 0 Å². The summed E-state index contributed by atoms with van der Waals surface area (Å²) in [5.41, 5.74) is 3.15. The number of aryl methyl sites for hydroxylation is 2. The molecular weight excluding hydrogens is 284 g/mol. The number of anilines is 1. The summed E-state index contributed by atoms with van der Waals surface area (Å²) in [6, 6.07) is 7.68. The number of nitrogens with zero attached hydrogens (tertiary/aromatic N) is 3. The average Bonchev–Trinajstić information content (AvgIpc) is 2.94. The number of thiocarbonyl (C=S) groups is 1. The first-order valence-corrected chi connectivity index (χ1v) is 6.88. The van der Waals surface area contributed by atoms with E-state index in [-0.39, 0.29) is 5.91 Å². The predicted molar refractivity (Wildman–Crippen MR) is 85.6 cm³/mol. The molecule has 0 radical (unpaired) electrons. The van der Waals surface area contributed by atoms with Gasteiger partial charge in [0.25, 0.3) is 5.91 Å². The van der Waals surface area contributed by atoms with Crippen LogP contribution in [0.15, 0.2) is 42.4 Å². The van der Waals surface area contributed by atoms with Crippen molar-refractivity contribution < 1.29 is 4.79 Å². The van der Waals surface area contributed by atoms with Crippen molar-refractivity contribution in [2.24, 2.45) is 7.05 Å². The highest BCUT2D eigenvalue weighted by atomic mass is 32.1. The van der Waals surface area contributed by atoms with Gasteiger partial charge in [-0.1, -0.05) is 12.1 Å². The fourth-order valence-electron chi connectivity index (χ4n) is 2.22. The van der Waals surface area contributed by atoms with Crippen LogP contribution in [-0.4, -0.2) is 20.8 Å². The molecule has 0 bridgehead atoms. The standard InChI is InChI=1S/C15H14N4OS/c1-10-4-3-5-12(6-10)19-14(20)13(17-15(19)21)7-11-8-16-18(2)9-11/h3-9H,1-2H3,(H,17,21)/b13-7-. The zero-order chi connectivity index (χ0) is 15.0. The normalized spacial score (nSPS) is 16.7. The van der Waals surface area contributed by atoms with Crippen molar-refractivity contribution in [1.29, 1.82) is 0 Å². The van der Waals surface area contributed by atoms with E-state index in [4.69, 9.17) is 12.2 Å². The summed E-state index contributed by atoms with van der Waals surface area (Å²) in [5, 5.41) is 7.43. The number of hydrogen-bond donors (Lipinski definition) is 1. The first-order valence-electron chi connectivity index (χ1n) is 6.47. The Kier molecular flexibility index (Phi) is 3.31. The molecule has 1 saturated heterocycles. The minimum atomic E-state index is -0.158. The maximum atomic E-state index is 12.5. The number of carbonyl (C=O) groups is 1. The van der Waals surface area contributed by atoms with Crippen molar-refractivity contribution in [3.63, 3.8) is 0 Å². The lowest BCUT2D eigenvalue weighted by molar-refractivity contribution is -0.113. The number of aromatic nitrogens is 2. The van der Waals surface area contributed by atoms with E-state index in [0.29, 0.717) is 10.8 Å². The molecule has 6 heteroatoms. The van der Waals surface area contributed by atoms with Gasteiger partial charge in [0, 0.05) is 18.8 Å². The van der Waals surface area contributed by atoms with Crippen LogP contribution < -0.4 is 10.2 Å². The van der Waals surface area contributed by atoms with Crippen molar-refractivity contribution >= 4 is 35.0 Å². The van der Waals surface area contributed by atoms with Crippen LogP contribution in [0.2, 0.25) is 0 Å². The third-order valence-corrected chi connectivity index (χ3v) is 3.46. The molecule has 0 aliphatic carbocycles. The SMILES string of the molecule is Cc1cccc(N2C(=O)/C(=C/c3cnn(C)c3)NC2=S)c1. The molecule has 1 aromatic carbocycles. The van der Waals surface area contributed by atoms with Crippen LogP contribution in [0.25, 0.3) is 6.08 Å². The van der Waals surface area contributed by atoms with Crippen molar-refractivity contribution in [3.05, 3.63) is 53.5 Å². The maximum Gasteiger partial charge on any atom is 0.281 e. The molecule has 1 aliphatic rings. The molecular formula is C15H14N4OS. The molecule has 0 unspecified atom stereocenters. The first-order chi connectivity index (χ1) is 10.0. The molecule has 1 amide bonds. The van der Waals surface area contributed by atoms with Crippen LogP contribution in [0, 0.1) is 6.92 Å². The summed E-state index contributed by atoms with van der Waals surface area (Å²) >= 11 is 5.27. The fourth-order valence-corrected chi connectivity index (χ4v) is 2.52. The van der Waals surface area contributed by atoms with Gasteiger partial charge < -0.3 is 5.32 Å². The second-order valence-electron chi connectivity index (χ2n) is 4.92. The van der Waals surface area contributed by atoms with E-state index in [1.54, 1.807) is 17.0 Å². The van der Waals surface area contributed by atoms with Crippen LogP contribution in [0.4, 0.5) is 5.69 Å². The molecule has 0 saturated carbocycles. The molecule has 1 N–H and O–H groups in total. The Morgan fingerprint density at radius 2 is 2.19 bits per heavy atom. The molecule has 1 aliphatic heterocycles. The number of nitrogens with one attached hydrogen (secondary N) is 1. The van der Waals surface area contributed by atoms with E-state index < -0.39 is 0 Å². The van der Waals surface area contributed by atoms with Gasteiger partial charge in [-0.15, -0.1) is 0 Å². The Morgan fingerprint density at radius 3 is 2.86 bits per heavy atom. The Hall–Kier alpha value is -2.47. The molecule has 1 fully saturated rings. The second kappa shape index (κ2) is 5.14. The van der Waals surface area contributed by atoms with Gasteiger partial charge in [0.05, 0.1) is 11.9 Å². The van der Waals surface area contributed by atoms with E-state index >= 15 is 0 Å². The lowest BCUT2D eigenvalue weighted by Crippen LogP contribution is -2.30. The average molecular weight is 298 g/mol. The number of carbonyl (C=O) groups excluding carboxylic acids is 1. The van der Waals surface area contributed by atoms with Gasteiger partial charge in [0.2, 0.25) is 0 Å². The number of rotatable bonds is 2. The largest absolute Gasteiger partial charge is 0.327 e. The molecule has 3 rings (SSSR count). The minimum Gasteiger partial charge on any atom is -0.327 e. The molecule has 0 spiro atoms. The smallest absolute Gasteiger partial charge is 0.281 e. The van der Waals surface area contributed by atoms with Crippen LogP contribution in [0.1, 0.15) is 11.1 Å². The summed E-state index contributed by atoms with van der Waals surface area (Å²) in [5.74, 6) is -0.158. The predicted octanol–water partition coefficient (Wildman–Crippen LogP) is 1.99. The topological polar surface area (TPSA) is 50.2 Å². The van der Waals surface area contributed by atoms with E-state index in [0.717, 1.165) is 16.8 Å². The van der Waals surface area contributed by atoms with E-state index in [9.17, 15) is 4.79 Å². The quantitative estimate of drug-likeness (QED) is 0.680. The Morgan fingerprint density at radius 1 is 1.38 bits per heavy atom. The van der Waals surface area contributed by atoms with Gasteiger partial charge >= 0.3 is 0 Å². The Labute approximate surface area is 127 Å². The van der Waals surface area contributed by atoms with Crippen molar-refractivity contribution in [1.82, 2.24) is 15.1 Å². The fraction of sp³-hybridized carbons (Fsp3) is 0.133. The van der Waals surface area contributed by atoms with E-state index in [1.165, 1.54) is 4.90 Å². The summed E-state index contributed by atoms with van der Waals surface area (Å²) in [6.45, 7) is 1.98. The van der Waals surface area contributed by atoms with Crippen molar-refractivity contribution in [3.8, 4) is 0 Å². The minimum absolute atomic E-state index is 0.158. The summed E-state index contributed by atoms with van der Waals surface area (Å²) in [7, 11) is 1.83. The van der Waals surface area contributed by atoms with Gasteiger partial charge in [0.15, 0.2) is 5.11 Å². The van der Waals surface area contributed by atoms with E-state index in [2.05, 4.69) is 10.4 Å². The van der Waals surface area contributed by atoms with Crippen LogP contribution >= 0.6 is 12.2 Å².